The number of halogens is 3. The van der Waals surface area contributed by atoms with Crippen LogP contribution in [0.15, 0.2) is 18.3 Å². The molecule has 2 heterocycles. The van der Waals surface area contributed by atoms with E-state index in [1.54, 1.807) is 20.8 Å². The van der Waals surface area contributed by atoms with E-state index in [2.05, 4.69) is 4.98 Å². The fourth-order valence-corrected chi connectivity index (χ4v) is 2.87. The van der Waals surface area contributed by atoms with E-state index in [9.17, 15) is 27.9 Å². The van der Waals surface area contributed by atoms with Crippen molar-refractivity contribution in [1.29, 1.82) is 0 Å². The topological polar surface area (TPSA) is 79.7 Å². The lowest BCUT2D eigenvalue weighted by Crippen LogP contribution is -2.43. The highest BCUT2D eigenvalue weighted by atomic mass is 19.4. The van der Waals surface area contributed by atoms with Gasteiger partial charge in [-0.3, -0.25) is 9.88 Å². The number of aromatic nitrogens is 1. The first kappa shape index (κ1) is 20.0. The van der Waals surface area contributed by atoms with Crippen molar-refractivity contribution in [2.24, 2.45) is 5.92 Å². The van der Waals surface area contributed by atoms with E-state index in [1.807, 2.05) is 0 Å². The van der Waals surface area contributed by atoms with Crippen molar-refractivity contribution >= 4 is 12.1 Å². The number of amides is 1. The molecule has 1 aliphatic heterocycles. The van der Waals surface area contributed by atoms with Gasteiger partial charge < -0.3 is 9.84 Å². The third-order valence-corrected chi connectivity index (χ3v) is 3.94. The molecule has 1 N–H and O–H groups in total. The quantitative estimate of drug-likeness (QED) is 0.878. The Labute approximate surface area is 149 Å². The number of alkyl halides is 3. The molecule has 6 nitrogen and oxygen atoms in total. The van der Waals surface area contributed by atoms with E-state index in [0.717, 1.165) is 17.2 Å². The van der Waals surface area contributed by atoms with Crippen LogP contribution in [0.5, 0.6) is 0 Å². The average molecular weight is 374 g/mol. The fourth-order valence-electron chi connectivity index (χ4n) is 2.87. The summed E-state index contributed by atoms with van der Waals surface area (Å²) in [5.41, 5.74) is -1.18. The Morgan fingerprint density at radius 1 is 1.31 bits per heavy atom. The van der Waals surface area contributed by atoms with Gasteiger partial charge in [0.05, 0.1) is 0 Å². The Balaban J connectivity index is 2.07. The summed E-state index contributed by atoms with van der Waals surface area (Å²) in [4.78, 5) is 28.2. The second-order valence-electron chi connectivity index (χ2n) is 7.34. The molecule has 1 aromatic heterocycles. The van der Waals surface area contributed by atoms with Crippen LogP contribution in [0.25, 0.3) is 0 Å². The minimum absolute atomic E-state index is 0.160. The number of rotatable bonds is 3. The van der Waals surface area contributed by atoms with Crippen molar-refractivity contribution in [2.45, 2.75) is 51.4 Å². The lowest BCUT2D eigenvalue weighted by Gasteiger charge is -2.26. The van der Waals surface area contributed by atoms with Crippen molar-refractivity contribution in [2.75, 3.05) is 6.54 Å². The molecule has 1 unspecified atom stereocenters. The van der Waals surface area contributed by atoms with Gasteiger partial charge >= 0.3 is 18.2 Å². The molecule has 0 aliphatic carbocycles. The third kappa shape index (κ3) is 5.09. The molecule has 1 aromatic rings. The average Bonchev–Trinajstić information content (AvgIpc) is 2.89. The van der Waals surface area contributed by atoms with Gasteiger partial charge in [0.25, 0.3) is 0 Å². The van der Waals surface area contributed by atoms with E-state index in [1.165, 1.54) is 6.07 Å². The molecule has 1 fully saturated rings. The molecule has 2 rings (SSSR count). The number of pyridine rings is 1. The first-order valence-corrected chi connectivity index (χ1v) is 8.11. The van der Waals surface area contributed by atoms with Gasteiger partial charge in [-0.25, -0.2) is 9.59 Å². The molecule has 1 amide bonds. The predicted molar refractivity (Wildman–Crippen MR) is 85.4 cm³/mol. The van der Waals surface area contributed by atoms with Crippen molar-refractivity contribution in [1.82, 2.24) is 9.88 Å². The number of hydrogen-bond donors (Lipinski definition) is 1. The Kier molecular flexibility index (Phi) is 5.48. The summed E-state index contributed by atoms with van der Waals surface area (Å²) >= 11 is 0. The molecule has 0 aromatic carbocycles. The van der Waals surface area contributed by atoms with Crippen LogP contribution in [0, 0.1) is 5.92 Å². The molecule has 0 spiro atoms. The van der Waals surface area contributed by atoms with Crippen molar-refractivity contribution in [3.8, 4) is 0 Å². The first-order valence-electron chi connectivity index (χ1n) is 8.11. The Bertz CT molecular complexity index is 668. The molecule has 9 heteroatoms. The van der Waals surface area contributed by atoms with E-state index in [-0.39, 0.29) is 18.9 Å². The van der Waals surface area contributed by atoms with Crippen LogP contribution >= 0.6 is 0 Å². The molecule has 1 saturated heterocycles. The van der Waals surface area contributed by atoms with Crippen LogP contribution in [0.4, 0.5) is 18.0 Å². The number of carbonyl (C=O) groups excluding carboxylic acids is 1. The number of carbonyl (C=O) groups is 2. The van der Waals surface area contributed by atoms with Crippen LogP contribution < -0.4 is 0 Å². The smallest absolute Gasteiger partial charge is 0.433 e. The maximum Gasteiger partial charge on any atom is 0.433 e. The minimum atomic E-state index is -4.51. The first-order chi connectivity index (χ1) is 11.9. The highest BCUT2D eigenvalue weighted by molar-refractivity contribution is 5.81. The van der Waals surface area contributed by atoms with E-state index in [0.29, 0.717) is 12.0 Å². The van der Waals surface area contributed by atoms with Crippen molar-refractivity contribution in [3.05, 3.63) is 29.6 Å². The molecule has 1 aliphatic rings. The largest absolute Gasteiger partial charge is 0.480 e. The second kappa shape index (κ2) is 7.13. The second-order valence-corrected chi connectivity index (χ2v) is 7.34. The van der Waals surface area contributed by atoms with Crippen molar-refractivity contribution in [3.63, 3.8) is 0 Å². The molecule has 0 saturated carbocycles. The summed E-state index contributed by atoms with van der Waals surface area (Å²) in [6.07, 6.45) is -3.55. The maximum absolute atomic E-state index is 12.6. The maximum atomic E-state index is 12.6. The lowest BCUT2D eigenvalue weighted by atomic mass is 9.97. The minimum Gasteiger partial charge on any atom is -0.480 e. The van der Waals surface area contributed by atoms with Crippen LogP contribution in [0.1, 0.15) is 38.4 Å². The summed E-state index contributed by atoms with van der Waals surface area (Å²) in [6.45, 7) is 5.21. The number of nitrogens with zero attached hydrogens (tertiary/aromatic N) is 2. The summed E-state index contributed by atoms with van der Waals surface area (Å²) in [5, 5.41) is 9.35. The lowest BCUT2D eigenvalue weighted by molar-refractivity contribution is -0.142. The Morgan fingerprint density at radius 3 is 2.42 bits per heavy atom. The zero-order chi connectivity index (χ0) is 19.7. The van der Waals surface area contributed by atoms with Gasteiger partial charge in [0.2, 0.25) is 0 Å². The van der Waals surface area contributed by atoms with Gasteiger partial charge in [-0.2, -0.15) is 13.2 Å². The zero-order valence-electron chi connectivity index (χ0n) is 14.7. The van der Waals surface area contributed by atoms with E-state index in [4.69, 9.17) is 4.74 Å². The highest BCUT2D eigenvalue weighted by Gasteiger charge is 2.41. The molecular formula is C17H21F3N2O4. The van der Waals surface area contributed by atoms with Crippen LogP contribution in [-0.2, 0) is 22.1 Å². The standard InChI is InChI=1S/C17H21F3N2O4/c1-16(2,3)26-15(25)22-9-11(7-12(22)14(23)24)6-10-4-5-13(21-8-10)17(18,19)20/h4-5,8,11-12H,6-7,9H2,1-3H3,(H,23,24)/t11?,12-/m1/s1. The van der Waals surface area contributed by atoms with Gasteiger partial charge in [-0.05, 0) is 51.2 Å². The molecular weight excluding hydrogens is 353 g/mol. The van der Waals surface area contributed by atoms with Gasteiger partial charge in [-0.15, -0.1) is 0 Å². The molecule has 26 heavy (non-hydrogen) atoms. The SMILES string of the molecule is CC(C)(C)OC(=O)N1CC(Cc2ccc(C(F)(F)F)nc2)C[C@@H]1C(=O)O. The zero-order valence-corrected chi connectivity index (χ0v) is 14.7. The predicted octanol–water partition coefficient (Wildman–Crippen LogP) is 3.35. The number of carboxylic acids is 1. The van der Waals surface area contributed by atoms with E-state index >= 15 is 0 Å². The number of aliphatic carboxylic acids is 1. The fraction of sp³-hybridized carbons (Fsp3) is 0.588. The third-order valence-electron chi connectivity index (χ3n) is 3.94. The van der Waals surface area contributed by atoms with Gasteiger partial charge in [0.15, 0.2) is 0 Å². The van der Waals surface area contributed by atoms with Crippen LogP contribution in [-0.4, -0.2) is 45.2 Å². The van der Waals surface area contributed by atoms with Crippen LogP contribution in [0.3, 0.4) is 0 Å². The summed E-state index contributed by atoms with van der Waals surface area (Å²) in [7, 11) is 0. The molecule has 2 atom stereocenters. The van der Waals surface area contributed by atoms with Gasteiger partial charge in [-0.1, -0.05) is 6.07 Å². The molecule has 144 valence electrons. The normalized spacial score (nSPS) is 20.9. The number of ether oxygens (including phenoxy) is 1. The number of carboxylic acid groups (broad SMARTS) is 1. The molecule has 0 radical (unpaired) electrons. The van der Waals surface area contributed by atoms with Gasteiger partial charge in [0.1, 0.15) is 17.3 Å². The van der Waals surface area contributed by atoms with Crippen molar-refractivity contribution < 1.29 is 32.6 Å². The van der Waals surface area contributed by atoms with Gasteiger partial charge in [0, 0.05) is 12.7 Å². The Hall–Kier alpha value is -2.32. The highest BCUT2D eigenvalue weighted by Crippen LogP contribution is 2.30. The van der Waals surface area contributed by atoms with Crippen LogP contribution in [0.2, 0.25) is 0 Å². The monoisotopic (exact) mass is 374 g/mol. The number of hydrogen-bond acceptors (Lipinski definition) is 4. The number of likely N-dealkylation sites (tertiary alicyclic amines) is 1. The summed E-state index contributed by atoms with van der Waals surface area (Å²) < 4.78 is 42.9. The summed E-state index contributed by atoms with van der Waals surface area (Å²) in [6, 6.07) is 1.20. The van der Waals surface area contributed by atoms with E-state index < -0.39 is 35.6 Å². The Morgan fingerprint density at radius 2 is 1.96 bits per heavy atom. The summed E-state index contributed by atoms with van der Waals surface area (Å²) in [5.74, 6) is -1.34. The molecule has 0 bridgehead atoms.